The standard InChI is InChI=1S/C16H12ClNO3/c17-11-7-5-10(6-8-11)16(9-14(19)20)13-4-2-1-3-12(13)15(21)18-16/h1-8H,9H2,(H,18,21)(H,19,20)/t16-/m0/s1. The minimum Gasteiger partial charge on any atom is -0.481 e. The fraction of sp³-hybridized carbons (Fsp3) is 0.125. The summed E-state index contributed by atoms with van der Waals surface area (Å²) in [7, 11) is 0. The van der Waals surface area contributed by atoms with Crippen LogP contribution in [0.3, 0.4) is 0 Å². The molecule has 1 aliphatic heterocycles. The van der Waals surface area contributed by atoms with Crippen molar-refractivity contribution in [1.82, 2.24) is 5.32 Å². The highest BCUT2D eigenvalue weighted by molar-refractivity contribution is 6.30. The van der Waals surface area contributed by atoms with Crippen LogP contribution in [0.15, 0.2) is 48.5 Å². The van der Waals surface area contributed by atoms with Crippen molar-refractivity contribution in [1.29, 1.82) is 0 Å². The van der Waals surface area contributed by atoms with E-state index in [4.69, 9.17) is 11.6 Å². The predicted octanol–water partition coefficient (Wildman–Crippen LogP) is 2.80. The normalized spacial score (nSPS) is 20.0. The SMILES string of the molecule is O=C(O)C[C@@]1(c2ccc(Cl)cc2)NC(=O)c2ccccc21. The van der Waals surface area contributed by atoms with Crippen molar-refractivity contribution >= 4 is 23.5 Å². The smallest absolute Gasteiger partial charge is 0.306 e. The second-order valence-corrected chi connectivity index (χ2v) is 5.42. The Morgan fingerprint density at radius 2 is 1.81 bits per heavy atom. The van der Waals surface area contributed by atoms with Gasteiger partial charge in [0.2, 0.25) is 0 Å². The zero-order valence-corrected chi connectivity index (χ0v) is 11.7. The highest BCUT2D eigenvalue weighted by atomic mass is 35.5. The number of halogens is 1. The molecule has 0 aliphatic carbocycles. The summed E-state index contributed by atoms with van der Waals surface area (Å²) in [6, 6.07) is 13.9. The molecular weight excluding hydrogens is 290 g/mol. The summed E-state index contributed by atoms with van der Waals surface area (Å²) in [6.07, 6.45) is -0.225. The van der Waals surface area contributed by atoms with Crippen LogP contribution in [-0.2, 0) is 10.3 Å². The van der Waals surface area contributed by atoms with E-state index in [2.05, 4.69) is 5.32 Å². The number of hydrogen-bond donors (Lipinski definition) is 2. The van der Waals surface area contributed by atoms with E-state index in [1.54, 1.807) is 48.5 Å². The molecule has 1 amide bonds. The van der Waals surface area contributed by atoms with Gasteiger partial charge < -0.3 is 10.4 Å². The maximum absolute atomic E-state index is 12.2. The molecule has 1 atom stereocenters. The van der Waals surface area contributed by atoms with Gasteiger partial charge in [0, 0.05) is 10.6 Å². The van der Waals surface area contributed by atoms with Crippen LogP contribution in [0.5, 0.6) is 0 Å². The van der Waals surface area contributed by atoms with Crippen molar-refractivity contribution in [3.8, 4) is 0 Å². The van der Waals surface area contributed by atoms with Crippen molar-refractivity contribution in [3.63, 3.8) is 0 Å². The molecule has 0 radical (unpaired) electrons. The number of carbonyl (C=O) groups excluding carboxylic acids is 1. The summed E-state index contributed by atoms with van der Waals surface area (Å²) in [5, 5.41) is 12.7. The van der Waals surface area contributed by atoms with Crippen LogP contribution in [0.2, 0.25) is 5.02 Å². The fourth-order valence-electron chi connectivity index (χ4n) is 2.81. The number of nitrogens with one attached hydrogen (secondary N) is 1. The first-order chi connectivity index (χ1) is 10.0. The van der Waals surface area contributed by atoms with E-state index in [1.165, 1.54) is 0 Å². The molecule has 0 fully saturated rings. The second-order valence-electron chi connectivity index (χ2n) is 4.98. The summed E-state index contributed by atoms with van der Waals surface area (Å²) in [5.74, 6) is -1.25. The van der Waals surface area contributed by atoms with E-state index in [9.17, 15) is 14.7 Å². The number of rotatable bonds is 3. The fourth-order valence-corrected chi connectivity index (χ4v) is 2.94. The molecule has 2 aromatic rings. The lowest BCUT2D eigenvalue weighted by Crippen LogP contribution is -2.42. The minimum atomic E-state index is -1.05. The number of aliphatic carboxylic acids is 1. The molecule has 2 aromatic carbocycles. The second kappa shape index (κ2) is 4.90. The lowest BCUT2D eigenvalue weighted by atomic mass is 9.81. The van der Waals surface area contributed by atoms with Crippen molar-refractivity contribution in [2.24, 2.45) is 0 Å². The molecule has 0 aromatic heterocycles. The van der Waals surface area contributed by atoms with Gasteiger partial charge in [-0.2, -0.15) is 0 Å². The molecule has 4 nitrogen and oxygen atoms in total. The molecule has 5 heteroatoms. The Morgan fingerprint density at radius 1 is 1.14 bits per heavy atom. The van der Waals surface area contributed by atoms with E-state index in [0.29, 0.717) is 21.7 Å². The van der Waals surface area contributed by atoms with E-state index in [1.807, 2.05) is 0 Å². The summed E-state index contributed by atoms with van der Waals surface area (Å²) >= 11 is 5.89. The van der Waals surface area contributed by atoms with Crippen molar-refractivity contribution < 1.29 is 14.7 Å². The Kier molecular flexibility index (Phi) is 3.18. The molecule has 0 bridgehead atoms. The molecule has 2 N–H and O–H groups in total. The molecule has 21 heavy (non-hydrogen) atoms. The number of fused-ring (bicyclic) bond motifs is 1. The summed E-state index contributed by atoms with van der Waals surface area (Å²) in [4.78, 5) is 23.5. The Bertz CT molecular complexity index is 723. The van der Waals surface area contributed by atoms with Gasteiger partial charge in [-0.05, 0) is 29.3 Å². The number of carbonyl (C=O) groups is 2. The number of hydrogen-bond acceptors (Lipinski definition) is 2. The van der Waals surface area contributed by atoms with Crippen LogP contribution in [-0.4, -0.2) is 17.0 Å². The van der Waals surface area contributed by atoms with Crippen LogP contribution in [0, 0.1) is 0 Å². The lowest BCUT2D eigenvalue weighted by molar-refractivity contribution is -0.138. The Balaban J connectivity index is 2.22. The predicted molar refractivity (Wildman–Crippen MR) is 78.4 cm³/mol. The van der Waals surface area contributed by atoms with E-state index in [0.717, 1.165) is 0 Å². The van der Waals surface area contributed by atoms with Crippen molar-refractivity contribution in [3.05, 3.63) is 70.2 Å². The third kappa shape index (κ3) is 2.17. The maximum atomic E-state index is 12.2. The zero-order chi connectivity index (χ0) is 15.0. The molecule has 1 aliphatic rings. The average molecular weight is 302 g/mol. The van der Waals surface area contributed by atoms with E-state index >= 15 is 0 Å². The topological polar surface area (TPSA) is 66.4 Å². The van der Waals surface area contributed by atoms with Gasteiger partial charge in [-0.1, -0.05) is 41.9 Å². The maximum Gasteiger partial charge on any atom is 0.306 e. The molecule has 106 valence electrons. The number of benzene rings is 2. The summed E-state index contributed by atoms with van der Waals surface area (Å²) in [6.45, 7) is 0. The van der Waals surface area contributed by atoms with Crippen LogP contribution >= 0.6 is 11.6 Å². The Labute approximate surface area is 126 Å². The lowest BCUT2D eigenvalue weighted by Gasteiger charge is -2.29. The first-order valence-corrected chi connectivity index (χ1v) is 6.80. The largest absolute Gasteiger partial charge is 0.481 e. The quantitative estimate of drug-likeness (QED) is 0.916. The number of amides is 1. The van der Waals surface area contributed by atoms with E-state index in [-0.39, 0.29) is 12.3 Å². The minimum absolute atomic E-state index is 0.225. The highest BCUT2D eigenvalue weighted by Gasteiger charge is 2.45. The Hall–Kier alpha value is -2.33. The molecular formula is C16H12ClNO3. The van der Waals surface area contributed by atoms with Crippen LogP contribution in [0.25, 0.3) is 0 Å². The molecule has 0 spiro atoms. The third-order valence-corrected chi connectivity index (χ3v) is 3.96. The van der Waals surface area contributed by atoms with E-state index < -0.39 is 11.5 Å². The zero-order valence-electron chi connectivity index (χ0n) is 11.0. The third-order valence-electron chi connectivity index (χ3n) is 3.71. The molecule has 1 heterocycles. The molecule has 0 unspecified atom stereocenters. The summed E-state index contributed by atoms with van der Waals surface area (Å²) in [5.41, 5.74) is 0.838. The van der Waals surface area contributed by atoms with Gasteiger partial charge in [0.25, 0.3) is 5.91 Å². The summed E-state index contributed by atoms with van der Waals surface area (Å²) < 4.78 is 0. The monoisotopic (exact) mass is 301 g/mol. The van der Waals surface area contributed by atoms with Crippen LogP contribution in [0.4, 0.5) is 0 Å². The van der Waals surface area contributed by atoms with Crippen molar-refractivity contribution in [2.75, 3.05) is 0 Å². The molecule has 0 saturated carbocycles. The van der Waals surface area contributed by atoms with Crippen molar-refractivity contribution in [2.45, 2.75) is 12.0 Å². The first kappa shape index (κ1) is 13.6. The van der Waals surface area contributed by atoms with Gasteiger partial charge in [0.05, 0.1) is 6.42 Å². The highest BCUT2D eigenvalue weighted by Crippen LogP contribution is 2.40. The van der Waals surface area contributed by atoms with Gasteiger partial charge in [0.1, 0.15) is 5.54 Å². The van der Waals surface area contributed by atoms with Gasteiger partial charge >= 0.3 is 5.97 Å². The van der Waals surface area contributed by atoms with Crippen LogP contribution < -0.4 is 5.32 Å². The average Bonchev–Trinajstić information content (AvgIpc) is 2.73. The molecule has 3 rings (SSSR count). The number of carboxylic acids is 1. The molecule has 0 saturated heterocycles. The van der Waals surface area contributed by atoms with Gasteiger partial charge in [0.15, 0.2) is 0 Å². The Morgan fingerprint density at radius 3 is 2.48 bits per heavy atom. The first-order valence-electron chi connectivity index (χ1n) is 6.43. The van der Waals surface area contributed by atoms with Crippen LogP contribution in [0.1, 0.15) is 27.9 Å². The van der Waals surface area contributed by atoms with Gasteiger partial charge in [-0.25, -0.2) is 0 Å². The number of carboxylic acid groups (broad SMARTS) is 1. The van der Waals surface area contributed by atoms with Gasteiger partial charge in [-0.3, -0.25) is 9.59 Å². The van der Waals surface area contributed by atoms with Gasteiger partial charge in [-0.15, -0.1) is 0 Å².